The first kappa shape index (κ1) is 21.2. The van der Waals surface area contributed by atoms with Gasteiger partial charge in [0.05, 0.1) is 25.3 Å². The van der Waals surface area contributed by atoms with E-state index >= 15 is 0 Å². The smallest absolute Gasteiger partial charge is 0.337 e. The molecule has 6 heteroatoms. The Labute approximate surface area is 185 Å². The van der Waals surface area contributed by atoms with Gasteiger partial charge in [-0.1, -0.05) is 24.3 Å². The van der Waals surface area contributed by atoms with Crippen LogP contribution in [-0.4, -0.2) is 32.4 Å². The van der Waals surface area contributed by atoms with Crippen molar-refractivity contribution in [3.8, 4) is 11.5 Å². The summed E-state index contributed by atoms with van der Waals surface area (Å²) in [4.78, 5) is 23.4. The highest BCUT2D eigenvalue weighted by Crippen LogP contribution is 2.26. The van der Waals surface area contributed by atoms with Crippen LogP contribution in [0.5, 0.6) is 11.5 Å². The summed E-state index contributed by atoms with van der Waals surface area (Å²) in [5.74, 6) is 0.566. The normalized spacial score (nSPS) is 10.9. The minimum atomic E-state index is -0.534. The molecule has 0 aliphatic rings. The molecule has 0 spiro atoms. The average molecular weight is 430 g/mol. The highest BCUT2D eigenvalue weighted by molar-refractivity contribution is 5.96. The SMILES string of the molecule is COC(=O)c1ccc2cc(OC(C)Oc3ccc4cc(C(=O)OC)ccc4c3)ccc2c1. The number of carbonyl (C=O) groups is 2. The molecule has 162 valence electrons. The molecule has 0 fully saturated rings. The molecule has 0 N–H and O–H groups in total. The first-order valence-corrected chi connectivity index (χ1v) is 10.0. The molecule has 0 aliphatic heterocycles. The first-order chi connectivity index (χ1) is 15.5. The van der Waals surface area contributed by atoms with E-state index in [-0.39, 0.29) is 11.9 Å². The highest BCUT2D eigenvalue weighted by atomic mass is 16.7. The van der Waals surface area contributed by atoms with Crippen molar-refractivity contribution in [1.29, 1.82) is 0 Å². The van der Waals surface area contributed by atoms with Crippen LogP contribution in [0.4, 0.5) is 0 Å². The molecular formula is C26H22O6. The second kappa shape index (κ2) is 8.98. The van der Waals surface area contributed by atoms with Gasteiger partial charge in [0.2, 0.25) is 6.29 Å². The van der Waals surface area contributed by atoms with E-state index in [1.807, 2.05) is 55.5 Å². The van der Waals surface area contributed by atoms with Gasteiger partial charge < -0.3 is 18.9 Å². The molecule has 6 nitrogen and oxygen atoms in total. The molecule has 0 saturated heterocycles. The van der Waals surface area contributed by atoms with Crippen LogP contribution in [0, 0.1) is 0 Å². The number of hydrogen-bond donors (Lipinski definition) is 0. The quantitative estimate of drug-likeness (QED) is 0.303. The van der Waals surface area contributed by atoms with Gasteiger partial charge in [-0.3, -0.25) is 0 Å². The number of ether oxygens (including phenoxy) is 4. The topological polar surface area (TPSA) is 71.1 Å². The largest absolute Gasteiger partial charge is 0.465 e. The van der Waals surface area contributed by atoms with E-state index in [1.54, 1.807) is 24.3 Å². The molecule has 0 radical (unpaired) electrons. The van der Waals surface area contributed by atoms with E-state index in [4.69, 9.17) is 18.9 Å². The van der Waals surface area contributed by atoms with Gasteiger partial charge >= 0.3 is 11.9 Å². The third-order valence-electron chi connectivity index (χ3n) is 5.07. The molecule has 4 aromatic rings. The Kier molecular flexibility index (Phi) is 5.94. The van der Waals surface area contributed by atoms with Gasteiger partial charge in [-0.2, -0.15) is 0 Å². The molecule has 0 aromatic heterocycles. The molecule has 0 bridgehead atoms. The van der Waals surface area contributed by atoms with Crippen molar-refractivity contribution in [2.75, 3.05) is 14.2 Å². The fourth-order valence-corrected chi connectivity index (χ4v) is 3.49. The lowest BCUT2D eigenvalue weighted by Gasteiger charge is -2.17. The Hall–Kier alpha value is -4.06. The Morgan fingerprint density at radius 3 is 1.38 bits per heavy atom. The first-order valence-electron chi connectivity index (χ1n) is 10.0. The van der Waals surface area contributed by atoms with Crippen LogP contribution in [0.2, 0.25) is 0 Å². The van der Waals surface area contributed by atoms with E-state index in [1.165, 1.54) is 14.2 Å². The summed E-state index contributed by atoms with van der Waals surface area (Å²) in [5, 5.41) is 3.70. The van der Waals surface area contributed by atoms with Gasteiger partial charge in [-0.15, -0.1) is 0 Å². The fourth-order valence-electron chi connectivity index (χ4n) is 3.49. The van der Waals surface area contributed by atoms with Gasteiger partial charge in [0.15, 0.2) is 0 Å². The minimum Gasteiger partial charge on any atom is -0.465 e. The average Bonchev–Trinajstić information content (AvgIpc) is 2.82. The maximum Gasteiger partial charge on any atom is 0.337 e. The number of methoxy groups -OCH3 is 2. The van der Waals surface area contributed by atoms with Crippen LogP contribution in [0.1, 0.15) is 27.6 Å². The Balaban J connectivity index is 1.47. The third kappa shape index (κ3) is 4.49. The van der Waals surface area contributed by atoms with Crippen LogP contribution < -0.4 is 9.47 Å². The summed E-state index contributed by atoms with van der Waals surface area (Å²) in [6, 6.07) is 21.9. The lowest BCUT2D eigenvalue weighted by atomic mass is 10.1. The molecule has 0 amide bonds. The summed E-state index contributed by atoms with van der Waals surface area (Å²) < 4.78 is 21.4. The molecule has 4 rings (SSSR count). The number of rotatable bonds is 6. The third-order valence-corrected chi connectivity index (χ3v) is 5.07. The molecule has 32 heavy (non-hydrogen) atoms. The molecule has 0 saturated carbocycles. The number of benzene rings is 4. The lowest BCUT2D eigenvalue weighted by Crippen LogP contribution is -2.19. The van der Waals surface area contributed by atoms with Gasteiger partial charge in [0.25, 0.3) is 0 Å². The monoisotopic (exact) mass is 430 g/mol. The highest BCUT2D eigenvalue weighted by Gasteiger charge is 2.11. The molecule has 0 unspecified atom stereocenters. The number of fused-ring (bicyclic) bond motifs is 2. The van der Waals surface area contributed by atoms with Crippen LogP contribution in [-0.2, 0) is 9.47 Å². The van der Waals surface area contributed by atoms with Crippen LogP contribution in [0.3, 0.4) is 0 Å². The van der Waals surface area contributed by atoms with E-state index < -0.39 is 6.29 Å². The Morgan fingerprint density at radius 1 is 0.594 bits per heavy atom. The summed E-state index contributed by atoms with van der Waals surface area (Å²) in [6.45, 7) is 1.81. The zero-order chi connectivity index (χ0) is 22.7. The van der Waals surface area contributed by atoms with E-state index in [0.717, 1.165) is 21.5 Å². The summed E-state index contributed by atoms with van der Waals surface area (Å²) in [6.07, 6.45) is -0.534. The van der Waals surface area contributed by atoms with Crippen LogP contribution in [0.15, 0.2) is 72.8 Å². The standard InChI is InChI=1S/C26H22O6/c1-16(31-23-10-8-17-12-21(25(27)29-2)6-4-19(17)14-23)32-24-11-9-18-13-22(26(28)30-3)7-5-20(18)15-24/h4-16H,1-3H3. The summed E-state index contributed by atoms with van der Waals surface area (Å²) >= 11 is 0. The molecule has 4 aromatic carbocycles. The van der Waals surface area contributed by atoms with Crippen LogP contribution >= 0.6 is 0 Å². The van der Waals surface area contributed by atoms with Crippen molar-refractivity contribution in [3.63, 3.8) is 0 Å². The van der Waals surface area contributed by atoms with Crippen molar-refractivity contribution in [2.24, 2.45) is 0 Å². The predicted molar refractivity (Wildman–Crippen MR) is 121 cm³/mol. The van der Waals surface area contributed by atoms with Crippen molar-refractivity contribution in [2.45, 2.75) is 13.2 Å². The second-order valence-electron chi connectivity index (χ2n) is 7.23. The van der Waals surface area contributed by atoms with Gasteiger partial charge in [0, 0.05) is 6.92 Å². The number of carbonyl (C=O) groups excluding carboxylic acids is 2. The Bertz CT molecular complexity index is 1210. The van der Waals surface area contributed by atoms with Crippen molar-refractivity contribution in [1.82, 2.24) is 0 Å². The van der Waals surface area contributed by atoms with E-state index in [0.29, 0.717) is 22.6 Å². The van der Waals surface area contributed by atoms with Crippen molar-refractivity contribution < 1.29 is 28.5 Å². The van der Waals surface area contributed by atoms with Crippen molar-refractivity contribution >= 4 is 33.5 Å². The molecule has 0 atom stereocenters. The number of esters is 2. The zero-order valence-electron chi connectivity index (χ0n) is 18.0. The van der Waals surface area contributed by atoms with Crippen LogP contribution in [0.25, 0.3) is 21.5 Å². The van der Waals surface area contributed by atoms with Gasteiger partial charge in [0.1, 0.15) is 11.5 Å². The van der Waals surface area contributed by atoms with E-state index in [2.05, 4.69) is 0 Å². The maximum atomic E-state index is 11.7. The zero-order valence-corrected chi connectivity index (χ0v) is 18.0. The van der Waals surface area contributed by atoms with E-state index in [9.17, 15) is 9.59 Å². The fraction of sp³-hybridized carbons (Fsp3) is 0.154. The second-order valence-corrected chi connectivity index (χ2v) is 7.23. The van der Waals surface area contributed by atoms with Gasteiger partial charge in [-0.25, -0.2) is 9.59 Å². The predicted octanol–water partition coefficient (Wildman–Crippen LogP) is 5.37. The van der Waals surface area contributed by atoms with Crippen molar-refractivity contribution in [3.05, 3.63) is 83.9 Å². The minimum absolute atomic E-state index is 0.369. The molecule has 0 heterocycles. The maximum absolute atomic E-state index is 11.7. The Morgan fingerprint density at radius 2 is 0.969 bits per heavy atom. The summed E-state index contributed by atoms with van der Waals surface area (Å²) in [7, 11) is 2.72. The molecular weight excluding hydrogens is 408 g/mol. The van der Waals surface area contributed by atoms with Gasteiger partial charge in [-0.05, 0) is 70.1 Å². The summed E-state index contributed by atoms with van der Waals surface area (Å²) in [5.41, 5.74) is 1.00. The number of hydrogen-bond acceptors (Lipinski definition) is 6. The lowest BCUT2D eigenvalue weighted by molar-refractivity contribution is 0.0225. The molecule has 0 aliphatic carbocycles.